The molecule has 0 bridgehead atoms. The Bertz CT molecular complexity index is 2810. The molecule has 0 aliphatic heterocycles. The van der Waals surface area contributed by atoms with Crippen molar-refractivity contribution in [2.24, 2.45) is 0 Å². The lowest BCUT2D eigenvalue weighted by Gasteiger charge is -2.19. The van der Waals surface area contributed by atoms with Gasteiger partial charge in [0.05, 0.1) is 56.8 Å². The molecule has 232 valence electrons. The lowest BCUT2D eigenvalue weighted by molar-refractivity contribution is 0.968. The molecule has 8 aromatic rings. The van der Waals surface area contributed by atoms with Gasteiger partial charge in [0.1, 0.15) is 6.07 Å². The molecule has 0 spiro atoms. The summed E-state index contributed by atoms with van der Waals surface area (Å²) >= 11 is 0. The van der Waals surface area contributed by atoms with E-state index in [1.165, 1.54) is 5.56 Å². The summed E-state index contributed by atoms with van der Waals surface area (Å²) in [5.74, 6) is 0. The Balaban J connectivity index is 1.26. The van der Waals surface area contributed by atoms with Crippen LogP contribution in [0.1, 0.15) is 34.4 Å². The van der Waals surface area contributed by atoms with Crippen LogP contribution >= 0.6 is 0 Å². The van der Waals surface area contributed by atoms with Gasteiger partial charge in [0.2, 0.25) is 0 Å². The molecule has 0 amide bonds. The number of benzene rings is 6. The summed E-state index contributed by atoms with van der Waals surface area (Å²) in [6.07, 6.45) is 6.16. The molecule has 6 aromatic carbocycles. The van der Waals surface area contributed by atoms with Gasteiger partial charge in [0, 0.05) is 27.4 Å². The van der Waals surface area contributed by atoms with Crippen molar-refractivity contribution in [2.45, 2.75) is 12.8 Å². The monoisotopic (exact) mass is 637 g/mol. The number of para-hydroxylation sites is 2. The van der Waals surface area contributed by atoms with E-state index in [2.05, 4.69) is 88.0 Å². The van der Waals surface area contributed by atoms with Crippen molar-refractivity contribution in [1.82, 2.24) is 9.13 Å². The fourth-order valence-corrected chi connectivity index (χ4v) is 7.72. The number of nitriles is 3. The van der Waals surface area contributed by atoms with Crippen LogP contribution < -0.4 is 0 Å². The van der Waals surface area contributed by atoms with Gasteiger partial charge < -0.3 is 9.13 Å². The molecular weight excluding hydrogens is 611 g/mol. The van der Waals surface area contributed by atoms with Crippen molar-refractivity contribution in [3.05, 3.63) is 161 Å². The molecular formula is C45H27N5. The van der Waals surface area contributed by atoms with Crippen LogP contribution in [0.15, 0.2) is 133 Å². The summed E-state index contributed by atoms with van der Waals surface area (Å²) in [5.41, 5.74) is 12.7. The third-order valence-electron chi connectivity index (χ3n) is 9.91. The van der Waals surface area contributed by atoms with E-state index in [9.17, 15) is 15.8 Å². The number of aryl methyl sites for hydroxylation is 1. The standard InChI is InChI=1S/C45H27N5/c46-26-29-18-21-44-39(23-29)37-13-5-8-16-43(37)50(44)45-24-30(27-47)17-20-38(45)34-10-2-1-9-33(34)31-19-22-40(32(25-31)28-48)49-41-14-6-3-11-35(41)36-12-4-7-15-42(36)49/h1-4,6-12,14-25H,5,13H2. The largest absolute Gasteiger partial charge is 0.309 e. The van der Waals surface area contributed by atoms with Crippen molar-refractivity contribution in [2.75, 3.05) is 0 Å². The van der Waals surface area contributed by atoms with Gasteiger partial charge in [0.25, 0.3) is 0 Å². The number of allylic oxidation sites excluding steroid dienone is 1. The Morgan fingerprint density at radius 3 is 1.90 bits per heavy atom. The Labute approximate surface area is 289 Å². The molecule has 0 saturated heterocycles. The summed E-state index contributed by atoms with van der Waals surface area (Å²) in [4.78, 5) is 0. The summed E-state index contributed by atoms with van der Waals surface area (Å²) in [6.45, 7) is 0. The van der Waals surface area contributed by atoms with Crippen molar-refractivity contribution in [3.8, 4) is 51.8 Å². The molecule has 1 aliphatic rings. The zero-order valence-corrected chi connectivity index (χ0v) is 26.9. The maximum Gasteiger partial charge on any atom is 0.101 e. The third-order valence-corrected chi connectivity index (χ3v) is 9.91. The normalized spacial score (nSPS) is 12.1. The quantitative estimate of drug-likeness (QED) is 0.193. The topological polar surface area (TPSA) is 81.2 Å². The minimum Gasteiger partial charge on any atom is -0.309 e. The third kappa shape index (κ3) is 4.37. The fraction of sp³-hybridized carbons (Fsp3) is 0.0444. The molecule has 0 fully saturated rings. The molecule has 1 aliphatic carbocycles. The molecule has 2 aromatic heterocycles. The highest BCUT2D eigenvalue weighted by atomic mass is 15.0. The Hall–Kier alpha value is -7.13. The van der Waals surface area contributed by atoms with Crippen molar-refractivity contribution >= 4 is 38.8 Å². The van der Waals surface area contributed by atoms with E-state index in [0.29, 0.717) is 16.7 Å². The number of nitrogens with zero attached hydrogens (tertiary/aromatic N) is 5. The number of rotatable bonds is 4. The van der Waals surface area contributed by atoms with Crippen LogP contribution in [0, 0.1) is 34.0 Å². The van der Waals surface area contributed by atoms with Gasteiger partial charge in [-0.3, -0.25) is 0 Å². The van der Waals surface area contributed by atoms with Gasteiger partial charge in [-0.1, -0.05) is 78.9 Å². The van der Waals surface area contributed by atoms with Crippen LogP contribution in [0.5, 0.6) is 0 Å². The molecule has 5 nitrogen and oxygen atoms in total. The van der Waals surface area contributed by atoms with Crippen LogP contribution in [-0.2, 0) is 6.42 Å². The summed E-state index contributed by atoms with van der Waals surface area (Å²) in [6, 6.07) is 49.9. The van der Waals surface area contributed by atoms with Gasteiger partial charge in [-0.05, 0) is 95.8 Å². The predicted octanol–water partition coefficient (Wildman–Crippen LogP) is 10.6. The molecule has 0 unspecified atom stereocenters. The van der Waals surface area contributed by atoms with Crippen molar-refractivity contribution in [1.29, 1.82) is 15.8 Å². The molecule has 0 radical (unpaired) electrons. The first kappa shape index (κ1) is 29.0. The number of aromatic nitrogens is 2. The highest BCUT2D eigenvalue weighted by Gasteiger charge is 2.23. The van der Waals surface area contributed by atoms with Crippen molar-refractivity contribution < 1.29 is 0 Å². The number of fused-ring (bicyclic) bond motifs is 6. The zero-order valence-electron chi connectivity index (χ0n) is 26.9. The molecule has 2 heterocycles. The SMILES string of the molecule is N#Cc1ccc(-c2ccccc2-c2ccc(-n3c4ccccc4c4ccccc43)c(C#N)c2)c(-n2c3c(c4cc(C#N)ccc42)CCC=C3)c1. The van der Waals surface area contributed by atoms with E-state index in [1.54, 1.807) is 0 Å². The van der Waals surface area contributed by atoms with Gasteiger partial charge in [0.15, 0.2) is 0 Å². The minimum atomic E-state index is 0.563. The van der Waals surface area contributed by atoms with Crippen LogP contribution in [0.2, 0.25) is 0 Å². The second-order valence-corrected chi connectivity index (χ2v) is 12.6. The smallest absolute Gasteiger partial charge is 0.101 e. The zero-order chi connectivity index (χ0) is 33.8. The Kier molecular flexibility index (Phi) is 6.70. The van der Waals surface area contributed by atoms with Crippen LogP contribution in [-0.4, -0.2) is 9.13 Å². The maximum absolute atomic E-state index is 10.6. The first-order valence-corrected chi connectivity index (χ1v) is 16.6. The average Bonchev–Trinajstić information content (AvgIpc) is 3.70. The number of hydrogen-bond acceptors (Lipinski definition) is 3. The highest BCUT2D eigenvalue weighted by Crippen LogP contribution is 2.42. The summed E-state index contributed by atoms with van der Waals surface area (Å²) in [5, 5.41) is 33.6. The van der Waals surface area contributed by atoms with E-state index >= 15 is 0 Å². The predicted molar refractivity (Wildman–Crippen MR) is 200 cm³/mol. The van der Waals surface area contributed by atoms with Crippen LogP contribution in [0.3, 0.4) is 0 Å². The Morgan fingerprint density at radius 2 is 1.16 bits per heavy atom. The van der Waals surface area contributed by atoms with Crippen LogP contribution in [0.4, 0.5) is 0 Å². The lowest BCUT2D eigenvalue weighted by atomic mass is 9.91. The van der Waals surface area contributed by atoms with E-state index < -0.39 is 0 Å². The van der Waals surface area contributed by atoms with Crippen LogP contribution in [0.25, 0.3) is 72.4 Å². The fourth-order valence-electron chi connectivity index (χ4n) is 7.72. The minimum absolute atomic E-state index is 0.563. The Morgan fingerprint density at radius 1 is 0.500 bits per heavy atom. The second kappa shape index (κ2) is 11.5. The van der Waals surface area contributed by atoms with Crippen molar-refractivity contribution in [3.63, 3.8) is 0 Å². The van der Waals surface area contributed by atoms with E-state index in [-0.39, 0.29) is 0 Å². The van der Waals surface area contributed by atoms with Gasteiger partial charge >= 0.3 is 0 Å². The van der Waals surface area contributed by atoms with Gasteiger partial charge in [-0.15, -0.1) is 0 Å². The highest BCUT2D eigenvalue weighted by molar-refractivity contribution is 6.09. The van der Waals surface area contributed by atoms with E-state index in [0.717, 1.165) is 84.9 Å². The van der Waals surface area contributed by atoms with E-state index in [1.807, 2.05) is 78.9 Å². The van der Waals surface area contributed by atoms with Gasteiger partial charge in [-0.25, -0.2) is 0 Å². The average molecular weight is 638 g/mol. The first-order valence-electron chi connectivity index (χ1n) is 16.6. The van der Waals surface area contributed by atoms with Gasteiger partial charge in [-0.2, -0.15) is 15.8 Å². The molecule has 0 N–H and O–H groups in total. The molecule has 9 rings (SSSR count). The number of hydrogen-bond donors (Lipinski definition) is 0. The second-order valence-electron chi connectivity index (χ2n) is 12.6. The first-order chi connectivity index (χ1) is 24.7. The maximum atomic E-state index is 10.6. The van der Waals surface area contributed by atoms with E-state index in [4.69, 9.17) is 0 Å². The molecule has 5 heteroatoms. The summed E-state index contributed by atoms with van der Waals surface area (Å²) in [7, 11) is 0. The summed E-state index contributed by atoms with van der Waals surface area (Å²) < 4.78 is 4.42. The lowest BCUT2D eigenvalue weighted by Crippen LogP contribution is -2.03. The molecule has 0 saturated carbocycles. The molecule has 0 atom stereocenters. The molecule has 50 heavy (non-hydrogen) atoms.